The number of nitrogens with zero attached hydrogens (tertiary/aromatic N) is 4. The van der Waals surface area contributed by atoms with Gasteiger partial charge >= 0.3 is 0 Å². The number of para-hydroxylation sites is 1. The normalized spacial score (nSPS) is 16.6. The van der Waals surface area contributed by atoms with Crippen molar-refractivity contribution in [2.75, 3.05) is 23.3 Å². The molecule has 7 nitrogen and oxygen atoms in total. The second-order valence-corrected chi connectivity index (χ2v) is 7.89. The second kappa shape index (κ2) is 7.71. The summed E-state index contributed by atoms with van der Waals surface area (Å²) in [4.78, 5) is 37.2. The van der Waals surface area contributed by atoms with Crippen LogP contribution in [0.5, 0.6) is 0 Å². The first kappa shape index (κ1) is 18.6. The van der Waals surface area contributed by atoms with E-state index in [1.54, 1.807) is 11.6 Å². The maximum atomic E-state index is 12.8. The summed E-state index contributed by atoms with van der Waals surface area (Å²) in [7, 11) is 1.73. The van der Waals surface area contributed by atoms with Crippen molar-refractivity contribution in [3.63, 3.8) is 0 Å². The highest BCUT2D eigenvalue weighted by Gasteiger charge is 2.32. The number of thiazole rings is 1. The van der Waals surface area contributed by atoms with Crippen molar-refractivity contribution in [2.24, 2.45) is 7.05 Å². The summed E-state index contributed by atoms with van der Waals surface area (Å²) in [5.41, 5.74) is 1.19. The van der Waals surface area contributed by atoms with Crippen LogP contribution >= 0.6 is 11.3 Å². The monoisotopic (exact) mass is 397 g/mol. The number of nitrogens with one attached hydrogen (secondary N) is 1. The molecule has 28 heavy (non-hydrogen) atoms. The molecule has 3 heterocycles. The second-order valence-electron chi connectivity index (χ2n) is 6.93. The molecule has 2 aromatic heterocycles. The van der Waals surface area contributed by atoms with E-state index in [1.807, 2.05) is 42.2 Å². The van der Waals surface area contributed by atoms with Crippen molar-refractivity contribution >= 4 is 38.3 Å². The molecule has 0 aliphatic carbocycles. The number of Topliss-reactive ketones (excluding diaryl/α,β-unsaturated/α-hetero) is 1. The molecule has 3 aromatic rings. The van der Waals surface area contributed by atoms with Gasteiger partial charge in [-0.3, -0.25) is 14.2 Å². The number of carbonyl (C=O) groups is 1. The molecule has 0 amide bonds. The predicted octanol–water partition coefficient (Wildman–Crippen LogP) is 2.60. The van der Waals surface area contributed by atoms with Crippen LogP contribution in [0, 0.1) is 0 Å². The summed E-state index contributed by atoms with van der Waals surface area (Å²) in [5, 5.41) is 3.90. The average molecular weight is 398 g/mol. The van der Waals surface area contributed by atoms with Gasteiger partial charge in [-0.1, -0.05) is 36.5 Å². The molecular weight excluding hydrogens is 374 g/mol. The molecule has 8 heteroatoms. The summed E-state index contributed by atoms with van der Waals surface area (Å²) in [6, 6.07) is 9.49. The van der Waals surface area contributed by atoms with E-state index >= 15 is 0 Å². The number of aromatic nitrogens is 3. The summed E-state index contributed by atoms with van der Waals surface area (Å²) >= 11 is 1.40. The van der Waals surface area contributed by atoms with Crippen LogP contribution in [0.1, 0.15) is 25.6 Å². The Hall–Kier alpha value is -2.74. The molecule has 1 fully saturated rings. The van der Waals surface area contributed by atoms with Gasteiger partial charge in [0.2, 0.25) is 0 Å². The van der Waals surface area contributed by atoms with Gasteiger partial charge in [0.1, 0.15) is 5.82 Å². The molecule has 1 aliphatic rings. The van der Waals surface area contributed by atoms with Gasteiger partial charge in [0.25, 0.3) is 5.56 Å². The summed E-state index contributed by atoms with van der Waals surface area (Å²) in [6.07, 6.45) is 2.42. The average Bonchev–Trinajstić information content (AvgIpc) is 3.36. The van der Waals surface area contributed by atoms with Crippen molar-refractivity contribution in [1.82, 2.24) is 14.5 Å². The van der Waals surface area contributed by atoms with Gasteiger partial charge in [0.15, 0.2) is 21.3 Å². The molecule has 1 aliphatic heterocycles. The first-order chi connectivity index (χ1) is 13.6. The van der Waals surface area contributed by atoms with Crippen LogP contribution in [0.4, 0.5) is 10.8 Å². The number of anilines is 2. The third kappa shape index (κ3) is 3.40. The SMILES string of the molecule is CCc1nc2sc(N3CCCC3C(=O)CNc3ccccc3)nc2c(=O)n1C. The van der Waals surface area contributed by atoms with Gasteiger partial charge < -0.3 is 10.2 Å². The lowest BCUT2D eigenvalue weighted by atomic mass is 10.1. The molecule has 1 N–H and O–H groups in total. The predicted molar refractivity (Wildman–Crippen MR) is 112 cm³/mol. The number of ketones is 1. The van der Waals surface area contributed by atoms with E-state index in [0.717, 1.165) is 30.9 Å². The summed E-state index contributed by atoms with van der Waals surface area (Å²) in [5.74, 6) is 0.879. The number of fused-ring (bicyclic) bond motifs is 1. The smallest absolute Gasteiger partial charge is 0.280 e. The zero-order chi connectivity index (χ0) is 19.7. The van der Waals surface area contributed by atoms with Gasteiger partial charge in [-0.2, -0.15) is 0 Å². The highest BCUT2D eigenvalue weighted by molar-refractivity contribution is 7.21. The fourth-order valence-electron chi connectivity index (χ4n) is 3.62. The van der Waals surface area contributed by atoms with Crippen LogP contribution in [-0.2, 0) is 18.3 Å². The fraction of sp³-hybridized carbons (Fsp3) is 0.400. The first-order valence-electron chi connectivity index (χ1n) is 9.53. The zero-order valence-electron chi connectivity index (χ0n) is 16.0. The Morgan fingerprint density at radius 1 is 1.29 bits per heavy atom. The van der Waals surface area contributed by atoms with Gasteiger partial charge in [0, 0.05) is 25.7 Å². The van der Waals surface area contributed by atoms with Gasteiger partial charge in [-0.05, 0) is 25.0 Å². The van der Waals surface area contributed by atoms with Crippen LogP contribution in [0.25, 0.3) is 10.3 Å². The third-order valence-electron chi connectivity index (χ3n) is 5.15. The van der Waals surface area contributed by atoms with E-state index in [-0.39, 0.29) is 23.9 Å². The van der Waals surface area contributed by atoms with E-state index < -0.39 is 0 Å². The highest BCUT2D eigenvalue weighted by atomic mass is 32.1. The Morgan fingerprint density at radius 3 is 2.82 bits per heavy atom. The number of rotatable bonds is 6. The third-order valence-corrected chi connectivity index (χ3v) is 6.14. The molecule has 1 aromatic carbocycles. The fourth-order valence-corrected chi connectivity index (χ4v) is 4.64. The van der Waals surface area contributed by atoms with E-state index in [9.17, 15) is 9.59 Å². The number of carbonyl (C=O) groups excluding carboxylic acids is 1. The van der Waals surface area contributed by atoms with E-state index in [2.05, 4.69) is 15.3 Å². The molecule has 0 saturated carbocycles. The van der Waals surface area contributed by atoms with Gasteiger partial charge in [-0.15, -0.1) is 0 Å². The largest absolute Gasteiger partial charge is 0.378 e. The van der Waals surface area contributed by atoms with Crippen LogP contribution in [0.3, 0.4) is 0 Å². The minimum Gasteiger partial charge on any atom is -0.378 e. The Morgan fingerprint density at radius 2 is 2.07 bits per heavy atom. The van der Waals surface area contributed by atoms with Crippen LogP contribution in [0.15, 0.2) is 35.1 Å². The topological polar surface area (TPSA) is 80.1 Å². The maximum absolute atomic E-state index is 12.8. The number of benzene rings is 1. The highest BCUT2D eigenvalue weighted by Crippen LogP contribution is 2.32. The molecule has 0 bridgehead atoms. The Kier molecular flexibility index (Phi) is 5.13. The lowest BCUT2D eigenvalue weighted by molar-refractivity contribution is -0.118. The summed E-state index contributed by atoms with van der Waals surface area (Å²) in [6.45, 7) is 3.02. The van der Waals surface area contributed by atoms with Crippen LogP contribution in [-0.4, -0.2) is 39.4 Å². The van der Waals surface area contributed by atoms with E-state index in [4.69, 9.17) is 0 Å². The molecule has 4 rings (SSSR count). The Balaban J connectivity index is 1.57. The number of hydrogen-bond acceptors (Lipinski definition) is 7. The van der Waals surface area contributed by atoms with Crippen molar-refractivity contribution in [3.8, 4) is 0 Å². The lowest BCUT2D eigenvalue weighted by Crippen LogP contribution is -2.39. The summed E-state index contributed by atoms with van der Waals surface area (Å²) < 4.78 is 1.56. The van der Waals surface area contributed by atoms with E-state index in [0.29, 0.717) is 21.9 Å². The number of aryl methyl sites for hydroxylation is 1. The minimum atomic E-state index is -0.216. The van der Waals surface area contributed by atoms with Gasteiger partial charge in [-0.25, -0.2) is 9.97 Å². The zero-order valence-corrected chi connectivity index (χ0v) is 16.8. The standard InChI is InChI=1S/C20H23N5O2S/c1-3-16-22-18-17(19(27)24(16)2)23-20(28-18)25-11-7-10-14(25)15(26)12-21-13-8-5-4-6-9-13/h4-6,8-9,14,21H,3,7,10-12H2,1-2H3. The molecule has 1 unspecified atom stereocenters. The quantitative estimate of drug-likeness (QED) is 0.689. The van der Waals surface area contributed by atoms with Gasteiger partial charge in [0.05, 0.1) is 12.6 Å². The minimum absolute atomic E-state index is 0.128. The van der Waals surface area contributed by atoms with E-state index in [1.165, 1.54) is 11.3 Å². The van der Waals surface area contributed by atoms with Crippen molar-refractivity contribution in [3.05, 3.63) is 46.5 Å². The lowest BCUT2D eigenvalue weighted by Gasteiger charge is -2.23. The molecule has 1 saturated heterocycles. The first-order valence-corrected chi connectivity index (χ1v) is 10.3. The Bertz CT molecular complexity index is 1060. The van der Waals surface area contributed by atoms with Crippen molar-refractivity contribution in [1.29, 1.82) is 0 Å². The van der Waals surface area contributed by atoms with Crippen molar-refractivity contribution in [2.45, 2.75) is 32.2 Å². The molecule has 0 radical (unpaired) electrons. The molecule has 1 atom stereocenters. The number of hydrogen-bond donors (Lipinski definition) is 1. The maximum Gasteiger partial charge on any atom is 0.280 e. The van der Waals surface area contributed by atoms with Crippen LogP contribution < -0.4 is 15.8 Å². The Labute approximate surface area is 167 Å². The molecule has 0 spiro atoms. The van der Waals surface area contributed by atoms with Crippen LogP contribution in [0.2, 0.25) is 0 Å². The molecular formula is C20H23N5O2S. The molecule has 146 valence electrons. The van der Waals surface area contributed by atoms with Crippen molar-refractivity contribution < 1.29 is 4.79 Å².